The number of hydrogen-bond acceptors (Lipinski definition) is 5. The van der Waals surface area contributed by atoms with Gasteiger partial charge in [0.1, 0.15) is 0 Å². The predicted octanol–water partition coefficient (Wildman–Crippen LogP) is 3.69. The van der Waals surface area contributed by atoms with Gasteiger partial charge in [0, 0.05) is 23.6 Å². The molecule has 2 heterocycles. The number of thioether (sulfide) groups is 1. The largest absolute Gasteiger partial charge is 0.324 e. The minimum atomic E-state index is -0.182. The molecular weight excluding hydrogens is 316 g/mol. The van der Waals surface area contributed by atoms with Crippen molar-refractivity contribution >= 4 is 34.1 Å². The molecule has 0 spiro atoms. The second kappa shape index (κ2) is 6.76. The Bertz CT molecular complexity index is 767. The number of aromatic nitrogens is 3. The van der Waals surface area contributed by atoms with E-state index in [1.54, 1.807) is 17.8 Å². The summed E-state index contributed by atoms with van der Waals surface area (Å²) in [6.45, 7) is 2.05. The van der Waals surface area contributed by atoms with Gasteiger partial charge >= 0.3 is 0 Å². The zero-order valence-electron chi connectivity index (χ0n) is 11.9. The van der Waals surface area contributed by atoms with Gasteiger partial charge < -0.3 is 4.57 Å². The maximum Gasteiger partial charge on any atom is 0.257 e. The van der Waals surface area contributed by atoms with Gasteiger partial charge in [0.15, 0.2) is 4.34 Å². The summed E-state index contributed by atoms with van der Waals surface area (Å²) in [7, 11) is 0. The molecule has 5 nitrogen and oxygen atoms in total. The first-order valence-electron chi connectivity index (χ1n) is 6.77. The monoisotopic (exact) mass is 330 g/mol. The molecule has 3 rings (SSSR count). The number of anilines is 1. The van der Waals surface area contributed by atoms with E-state index in [1.807, 2.05) is 47.3 Å². The Morgan fingerprint density at radius 1 is 1.27 bits per heavy atom. The fourth-order valence-corrected chi connectivity index (χ4v) is 3.57. The normalized spacial score (nSPS) is 10.6. The molecule has 0 saturated heterocycles. The maximum absolute atomic E-state index is 12.3. The predicted molar refractivity (Wildman–Crippen MR) is 90.0 cm³/mol. The van der Waals surface area contributed by atoms with Crippen LogP contribution in [0.4, 0.5) is 5.13 Å². The van der Waals surface area contributed by atoms with Gasteiger partial charge in [-0.25, -0.2) is 0 Å². The Balaban J connectivity index is 1.75. The highest BCUT2D eigenvalue weighted by molar-refractivity contribution is 8.01. The molecule has 1 aromatic carbocycles. The third kappa shape index (κ3) is 3.37. The molecule has 0 radical (unpaired) electrons. The summed E-state index contributed by atoms with van der Waals surface area (Å²) in [6, 6.07) is 11.3. The number of carbonyl (C=O) groups is 1. The number of rotatable bonds is 5. The van der Waals surface area contributed by atoms with E-state index >= 15 is 0 Å². The van der Waals surface area contributed by atoms with Crippen molar-refractivity contribution in [3.05, 3.63) is 54.4 Å². The molecular formula is C15H14N4OS2. The zero-order chi connectivity index (χ0) is 15.4. The van der Waals surface area contributed by atoms with Crippen LogP contribution in [-0.2, 0) is 0 Å². The summed E-state index contributed by atoms with van der Waals surface area (Å²) in [5.74, 6) is 0.750. The van der Waals surface area contributed by atoms with E-state index in [-0.39, 0.29) is 5.91 Å². The second-order valence-electron chi connectivity index (χ2n) is 4.40. The Labute approximate surface area is 136 Å². The number of carbonyl (C=O) groups excluding carboxylic acids is 1. The van der Waals surface area contributed by atoms with Crippen molar-refractivity contribution in [1.29, 1.82) is 0 Å². The molecule has 0 aliphatic heterocycles. The highest BCUT2D eigenvalue weighted by atomic mass is 32.2. The fourth-order valence-electron chi connectivity index (χ4n) is 1.93. The van der Waals surface area contributed by atoms with Gasteiger partial charge in [0.05, 0.1) is 0 Å². The van der Waals surface area contributed by atoms with Crippen molar-refractivity contribution in [2.45, 2.75) is 11.3 Å². The maximum atomic E-state index is 12.3. The Morgan fingerprint density at radius 2 is 2.09 bits per heavy atom. The molecule has 0 saturated carbocycles. The first kappa shape index (κ1) is 14.8. The van der Waals surface area contributed by atoms with E-state index in [0.717, 1.165) is 15.8 Å². The summed E-state index contributed by atoms with van der Waals surface area (Å²) >= 11 is 3.00. The van der Waals surface area contributed by atoms with Crippen LogP contribution in [-0.4, -0.2) is 26.4 Å². The van der Waals surface area contributed by atoms with E-state index in [9.17, 15) is 4.79 Å². The molecule has 0 atom stereocenters. The van der Waals surface area contributed by atoms with Crippen LogP contribution in [0.3, 0.4) is 0 Å². The zero-order valence-corrected chi connectivity index (χ0v) is 13.5. The van der Waals surface area contributed by atoms with Crippen LogP contribution in [0.1, 0.15) is 17.3 Å². The van der Waals surface area contributed by atoms with E-state index in [1.165, 1.54) is 11.3 Å². The van der Waals surface area contributed by atoms with Gasteiger partial charge in [-0.15, -0.1) is 10.2 Å². The number of nitrogens with one attached hydrogen (secondary N) is 1. The molecule has 0 unspecified atom stereocenters. The lowest BCUT2D eigenvalue weighted by Crippen LogP contribution is -2.12. The third-order valence-electron chi connectivity index (χ3n) is 2.91. The van der Waals surface area contributed by atoms with Crippen molar-refractivity contribution in [1.82, 2.24) is 14.8 Å². The molecule has 0 aliphatic rings. The number of nitrogens with zero attached hydrogens (tertiary/aromatic N) is 3. The third-order valence-corrected chi connectivity index (χ3v) is 4.76. The lowest BCUT2D eigenvalue weighted by Gasteiger charge is -2.06. The van der Waals surface area contributed by atoms with E-state index in [0.29, 0.717) is 10.7 Å². The van der Waals surface area contributed by atoms with Crippen molar-refractivity contribution in [2.75, 3.05) is 11.1 Å². The number of hydrogen-bond donors (Lipinski definition) is 1. The van der Waals surface area contributed by atoms with Crippen LogP contribution in [0, 0.1) is 0 Å². The van der Waals surface area contributed by atoms with Gasteiger partial charge in [-0.2, -0.15) is 0 Å². The number of benzene rings is 1. The van der Waals surface area contributed by atoms with Crippen LogP contribution in [0.15, 0.2) is 53.1 Å². The van der Waals surface area contributed by atoms with Crippen molar-refractivity contribution in [2.24, 2.45) is 0 Å². The Morgan fingerprint density at radius 3 is 2.86 bits per heavy atom. The van der Waals surface area contributed by atoms with Crippen molar-refractivity contribution < 1.29 is 4.79 Å². The smallest absolute Gasteiger partial charge is 0.257 e. The van der Waals surface area contributed by atoms with Gasteiger partial charge in [-0.05, 0) is 36.1 Å². The first-order chi connectivity index (χ1) is 10.8. The average molecular weight is 330 g/mol. The lowest BCUT2D eigenvalue weighted by atomic mass is 10.2. The highest BCUT2D eigenvalue weighted by Gasteiger charge is 2.11. The Hall–Kier alpha value is -2.12. The second-order valence-corrected chi connectivity index (χ2v) is 6.89. The molecule has 0 aliphatic carbocycles. The number of amides is 1. The SMILES string of the molecule is CCSc1nnc(NC(=O)c2cccc(-n3cccc3)c2)s1. The van der Waals surface area contributed by atoms with Crippen LogP contribution < -0.4 is 5.32 Å². The van der Waals surface area contributed by atoms with Crippen LogP contribution >= 0.6 is 23.1 Å². The van der Waals surface area contributed by atoms with Crippen LogP contribution in [0.2, 0.25) is 0 Å². The summed E-state index contributed by atoms with van der Waals surface area (Å²) in [4.78, 5) is 12.3. The molecule has 7 heteroatoms. The molecule has 0 bridgehead atoms. The molecule has 22 heavy (non-hydrogen) atoms. The van der Waals surface area contributed by atoms with E-state index in [2.05, 4.69) is 22.4 Å². The molecule has 3 aromatic rings. The first-order valence-corrected chi connectivity index (χ1v) is 8.57. The van der Waals surface area contributed by atoms with Crippen LogP contribution in [0.25, 0.3) is 5.69 Å². The molecule has 1 N–H and O–H groups in total. The van der Waals surface area contributed by atoms with E-state index in [4.69, 9.17) is 0 Å². The topological polar surface area (TPSA) is 59.8 Å². The fraction of sp³-hybridized carbons (Fsp3) is 0.133. The van der Waals surface area contributed by atoms with Crippen molar-refractivity contribution in [3.8, 4) is 5.69 Å². The molecule has 112 valence electrons. The Kier molecular flexibility index (Phi) is 4.55. The van der Waals surface area contributed by atoms with Crippen molar-refractivity contribution in [3.63, 3.8) is 0 Å². The van der Waals surface area contributed by atoms with Gasteiger partial charge in [0.25, 0.3) is 5.91 Å². The minimum absolute atomic E-state index is 0.182. The van der Waals surface area contributed by atoms with Gasteiger partial charge in [0.2, 0.25) is 5.13 Å². The molecule has 0 fully saturated rings. The van der Waals surface area contributed by atoms with Crippen LogP contribution in [0.5, 0.6) is 0 Å². The summed E-state index contributed by atoms with van der Waals surface area (Å²) < 4.78 is 2.82. The summed E-state index contributed by atoms with van der Waals surface area (Å²) in [5.41, 5.74) is 1.53. The summed E-state index contributed by atoms with van der Waals surface area (Å²) in [5, 5.41) is 11.3. The lowest BCUT2D eigenvalue weighted by molar-refractivity contribution is 0.102. The molecule has 2 aromatic heterocycles. The average Bonchev–Trinajstić information content (AvgIpc) is 3.20. The standard InChI is InChI=1S/C15H14N4OS2/c1-2-21-15-18-17-14(22-15)16-13(20)11-6-5-7-12(10-11)19-8-3-4-9-19/h3-10H,2H2,1H3,(H,16,17,20). The minimum Gasteiger partial charge on any atom is -0.324 e. The summed E-state index contributed by atoms with van der Waals surface area (Å²) in [6.07, 6.45) is 3.88. The van der Waals surface area contributed by atoms with E-state index < -0.39 is 0 Å². The van der Waals surface area contributed by atoms with Gasteiger partial charge in [-0.1, -0.05) is 36.1 Å². The quantitative estimate of drug-likeness (QED) is 0.572. The molecule has 1 amide bonds. The highest BCUT2D eigenvalue weighted by Crippen LogP contribution is 2.25. The van der Waals surface area contributed by atoms with Gasteiger partial charge in [-0.3, -0.25) is 10.1 Å².